The molecule has 7 nitrogen and oxygen atoms in total. The van der Waals surface area contributed by atoms with E-state index < -0.39 is 0 Å². The maximum atomic E-state index is 11.9. The fraction of sp³-hybridized carbons (Fsp3) is 0.312. The molecule has 0 radical (unpaired) electrons. The summed E-state index contributed by atoms with van der Waals surface area (Å²) in [5.41, 5.74) is 1.88. The highest BCUT2D eigenvalue weighted by Gasteiger charge is 2.11. The zero-order valence-corrected chi connectivity index (χ0v) is 13.4. The number of benzene rings is 1. The highest BCUT2D eigenvalue weighted by Crippen LogP contribution is 2.25. The van der Waals surface area contributed by atoms with Gasteiger partial charge in [-0.05, 0) is 31.6 Å². The minimum Gasteiger partial charge on any atom is -0.352 e. The molecule has 0 atom stereocenters. The maximum Gasteiger partial charge on any atom is 0.319 e. The number of hydrogen-bond donors (Lipinski definition) is 4. The fourth-order valence-corrected chi connectivity index (χ4v) is 1.84. The molecule has 1 aromatic carbocycles. The van der Waals surface area contributed by atoms with Crippen LogP contribution in [0.4, 0.5) is 16.2 Å². The Kier molecular flexibility index (Phi) is 7.32. The predicted molar refractivity (Wildman–Crippen MR) is 90.3 cm³/mol. The van der Waals surface area contributed by atoms with E-state index in [2.05, 4.69) is 27.8 Å². The zero-order valence-electron chi connectivity index (χ0n) is 13.4. The number of urea groups is 1. The molecular formula is C16H22N4O3. The lowest BCUT2D eigenvalue weighted by Gasteiger charge is -2.15. The Morgan fingerprint density at radius 2 is 1.91 bits per heavy atom. The van der Waals surface area contributed by atoms with Crippen molar-refractivity contribution in [1.82, 2.24) is 10.6 Å². The quantitative estimate of drug-likeness (QED) is 0.576. The van der Waals surface area contributed by atoms with Gasteiger partial charge in [-0.2, -0.15) is 0 Å². The van der Waals surface area contributed by atoms with Crippen molar-refractivity contribution in [1.29, 1.82) is 0 Å². The normalized spacial score (nSPS) is 9.65. The SMILES string of the molecule is C=CC(=O)NCCC(=O)Nc1cccc(C)c1NC(=O)NCC. The Bertz CT molecular complexity index is 599. The molecule has 0 unspecified atom stereocenters. The number of carbonyl (C=O) groups is 3. The van der Waals surface area contributed by atoms with Gasteiger partial charge in [-0.1, -0.05) is 18.7 Å². The molecule has 0 aliphatic heterocycles. The molecular weight excluding hydrogens is 296 g/mol. The van der Waals surface area contributed by atoms with Gasteiger partial charge in [0.2, 0.25) is 11.8 Å². The molecule has 4 N–H and O–H groups in total. The van der Waals surface area contributed by atoms with Crippen LogP contribution in [0.15, 0.2) is 30.9 Å². The van der Waals surface area contributed by atoms with Crippen molar-refractivity contribution in [3.8, 4) is 0 Å². The van der Waals surface area contributed by atoms with Crippen LogP contribution in [-0.4, -0.2) is 30.9 Å². The summed E-state index contributed by atoms with van der Waals surface area (Å²) in [4.78, 5) is 34.6. The lowest BCUT2D eigenvalue weighted by molar-refractivity contribution is -0.117. The number of para-hydroxylation sites is 1. The Morgan fingerprint density at radius 1 is 1.17 bits per heavy atom. The summed E-state index contributed by atoms with van der Waals surface area (Å²) >= 11 is 0. The van der Waals surface area contributed by atoms with E-state index in [0.717, 1.165) is 11.6 Å². The first kappa shape index (κ1) is 18.2. The number of anilines is 2. The first-order chi connectivity index (χ1) is 11.0. The summed E-state index contributed by atoms with van der Waals surface area (Å²) in [6, 6.07) is 4.99. The molecule has 7 heteroatoms. The number of aryl methyl sites for hydroxylation is 1. The van der Waals surface area contributed by atoms with E-state index in [1.807, 2.05) is 19.9 Å². The predicted octanol–water partition coefficient (Wildman–Crippen LogP) is 1.77. The number of amides is 4. The molecule has 1 aromatic rings. The number of nitrogens with one attached hydrogen (secondary N) is 4. The van der Waals surface area contributed by atoms with Crippen LogP contribution in [0.2, 0.25) is 0 Å². The van der Waals surface area contributed by atoms with Gasteiger partial charge < -0.3 is 21.3 Å². The molecule has 23 heavy (non-hydrogen) atoms. The van der Waals surface area contributed by atoms with Gasteiger partial charge in [0.25, 0.3) is 0 Å². The smallest absolute Gasteiger partial charge is 0.319 e. The average molecular weight is 318 g/mol. The minimum absolute atomic E-state index is 0.119. The summed E-state index contributed by atoms with van der Waals surface area (Å²) in [5.74, 6) is -0.592. The number of carbonyl (C=O) groups excluding carboxylic acids is 3. The third-order valence-electron chi connectivity index (χ3n) is 2.96. The highest BCUT2D eigenvalue weighted by molar-refractivity contribution is 6.00. The van der Waals surface area contributed by atoms with Gasteiger partial charge in [0.1, 0.15) is 0 Å². The Labute approximate surface area is 135 Å². The van der Waals surface area contributed by atoms with Crippen LogP contribution in [0.5, 0.6) is 0 Å². The highest BCUT2D eigenvalue weighted by atomic mass is 16.2. The van der Waals surface area contributed by atoms with Crippen molar-refractivity contribution in [2.45, 2.75) is 20.3 Å². The standard InChI is InChI=1S/C16H22N4O3/c1-4-13(21)18-10-9-14(22)19-12-8-6-7-11(3)15(12)20-16(23)17-5-2/h4,6-8H,1,5,9-10H2,2-3H3,(H,18,21)(H,19,22)(H2,17,20,23). The van der Waals surface area contributed by atoms with Crippen molar-refractivity contribution in [3.05, 3.63) is 36.4 Å². The van der Waals surface area contributed by atoms with Crippen molar-refractivity contribution < 1.29 is 14.4 Å². The van der Waals surface area contributed by atoms with Crippen LogP contribution in [0, 0.1) is 6.92 Å². The van der Waals surface area contributed by atoms with E-state index in [-0.39, 0.29) is 30.8 Å². The van der Waals surface area contributed by atoms with Gasteiger partial charge in [0.05, 0.1) is 11.4 Å². The monoisotopic (exact) mass is 318 g/mol. The molecule has 124 valence electrons. The largest absolute Gasteiger partial charge is 0.352 e. The van der Waals surface area contributed by atoms with Crippen LogP contribution >= 0.6 is 0 Å². The average Bonchev–Trinajstić information content (AvgIpc) is 2.50. The summed E-state index contributed by atoms with van der Waals surface area (Å²) in [6.07, 6.45) is 1.26. The van der Waals surface area contributed by atoms with Gasteiger partial charge in [-0.25, -0.2) is 4.79 Å². The van der Waals surface area contributed by atoms with E-state index in [1.165, 1.54) is 0 Å². The van der Waals surface area contributed by atoms with Crippen LogP contribution in [-0.2, 0) is 9.59 Å². The van der Waals surface area contributed by atoms with Gasteiger partial charge in [-0.15, -0.1) is 0 Å². The first-order valence-corrected chi connectivity index (χ1v) is 7.32. The van der Waals surface area contributed by atoms with Gasteiger partial charge in [-0.3, -0.25) is 9.59 Å². The van der Waals surface area contributed by atoms with Gasteiger partial charge >= 0.3 is 6.03 Å². The molecule has 0 fully saturated rings. The van der Waals surface area contributed by atoms with Gasteiger partial charge in [0.15, 0.2) is 0 Å². The third kappa shape index (κ3) is 6.21. The maximum absolute atomic E-state index is 11.9. The lowest BCUT2D eigenvalue weighted by atomic mass is 10.1. The van der Waals surface area contributed by atoms with E-state index in [1.54, 1.807) is 12.1 Å². The molecule has 0 spiro atoms. The van der Waals surface area contributed by atoms with Crippen molar-refractivity contribution in [3.63, 3.8) is 0 Å². The van der Waals surface area contributed by atoms with Crippen molar-refractivity contribution in [2.75, 3.05) is 23.7 Å². The molecule has 0 aliphatic rings. The molecule has 0 bridgehead atoms. The fourth-order valence-electron chi connectivity index (χ4n) is 1.84. The second kappa shape index (κ2) is 9.24. The Balaban J connectivity index is 2.70. The molecule has 0 saturated carbocycles. The number of rotatable bonds is 7. The van der Waals surface area contributed by atoms with E-state index in [0.29, 0.717) is 17.9 Å². The topological polar surface area (TPSA) is 99.3 Å². The summed E-state index contributed by atoms with van der Waals surface area (Å²) < 4.78 is 0. The van der Waals surface area contributed by atoms with Crippen LogP contribution < -0.4 is 21.3 Å². The van der Waals surface area contributed by atoms with Crippen LogP contribution in [0.3, 0.4) is 0 Å². The number of hydrogen-bond acceptors (Lipinski definition) is 3. The van der Waals surface area contributed by atoms with E-state index in [9.17, 15) is 14.4 Å². The molecule has 4 amide bonds. The molecule has 0 aliphatic carbocycles. The second-order valence-corrected chi connectivity index (χ2v) is 4.78. The second-order valence-electron chi connectivity index (χ2n) is 4.78. The minimum atomic E-state index is -0.337. The molecule has 0 saturated heterocycles. The van der Waals surface area contributed by atoms with E-state index >= 15 is 0 Å². The Hall–Kier alpha value is -2.83. The van der Waals surface area contributed by atoms with Crippen LogP contribution in [0.25, 0.3) is 0 Å². The Morgan fingerprint density at radius 3 is 2.57 bits per heavy atom. The third-order valence-corrected chi connectivity index (χ3v) is 2.96. The van der Waals surface area contributed by atoms with Crippen molar-refractivity contribution in [2.24, 2.45) is 0 Å². The molecule has 0 heterocycles. The summed E-state index contributed by atoms with van der Waals surface area (Å²) in [5, 5.41) is 10.6. The molecule has 1 rings (SSSR count). The van der Waals surface area contributed by atoms with Crippen LogP contribution in [0.1, 0.15) is 18.9 Å². The summed E-state index contributed by atoms with van der Waals surface area (Å²) in [6.45, 7) is 7.70. The first-order valence-electron chi connectivity index (χ1n) is 7.32. The zero-order chi connectivity index (χ0) is 17.2. The lowest BCUT2D eigenvalue weighted by Crippen LogP contribution is -2.29. The van der Waals surface area contributed by atoms with E-state index in [4.69, 9.17) is 0 Å². The van der Waals surface area contributed by atoms with Crippen molar-refractivity contribution >= 4 is 29.2 Å². The molecule has 0 aromatic heterocycles. The van der Waals surface area contributed by atoms with Gasteiger partial charge in [0, 0.05) is 19.5 Å². The summed E-state index contributed by atoms with van der Waals surface area (Å²) in [7, 11) is 0.